The number of oxazole rings is 1. The van der Waals surface area contributed by atoms with Gasteiger partial charge in [0.05, 0.1) is 18.4 Å². The zero-order valence-electron chi connectivity index (χ0n) is 13.9. The number of carbonyl (C=O) groups excluding carboxylic acids is 2. The molecule has 3 aliphatic rings. The van der Waals surface area contributed by atoms with Crippen molar-refractivity contribution in [2.24, 2.45) is 34.8 Å². The molecule has 4 atom stereocenters. The Morgan fingerprint density at radius 3 is 2.52 bits per heavy atom. The van der Waals surface area contributed by atoms with Crippen molar-refractivity contribution in [2.75, 3.05) is 0 Å². The number of rotatable bonds is 5. The van der Waals surface area contributed by atoms with Gasteiger partial charge >= 0.3 is 0 Å². The van der Waals surface area contributed by atoms with E-state index in [-0.39, 0.29) is 35.6 Å². The molecule has 0 saturated heterocycles. The van der Waals surface area contributed by atoms with E-state index < -0.39 is 29.4 Å². The van der Waals surface area contributed by atoms with Crippen LogP contribution in [0.3, 0.4) is 0 Å². The summed E-state index contributed by atoms with van der Waals surface area (Å²) in [5, 5.41) is 2.69. The van der Waals surface area contributed by atoms with E-state index >= 15 is 0 Å². The Bertz CT molecular complexity index is 723. The van der Waals surface area contributed by atoms with Crippen LogP contribution in [0.5, 0.6) is 0 Å². The molecular formula is C17H21F2N3O3. The number of hydrogen-bond donors (Lipinski definition) is 2. The molecule has 1 heterocycles. The third kappa shape index (κ3) is 2.45. The second-order valence-corrected chi connectivity index (χ2v) is 7.71. The van der Waals surface area contributed by atoms with Crippen molar-refractivity contribution < 1.29 is 22.8 Å². The van der Waals surface area contributed by atoms with Crippen LogP contribution in [0.25, 0.3) is 0 Å². The molecule has 8 heteroatoms. The van der Waals surface area contributed by atoms with Gasteiger partial charge in [0, 0.05) is 6.92 Å². The highest BCUT2D eigenvalue weighted by Gasteiger charge is 2.71. The molecule has 4 rings (SSSR count). The topological polar surface area (TPSA) is 98.2 Å². The Morgan fingerprint density at radius 1 is 1.36 bits per heavy atom. The Labute approximate surface area is 143 Å². The lowest BCUT2D eigenvalue weighted by atomic mass is 9.78. The first kappa shape index (κ1) is 16.5. The molecule has 1 aromatic rings. The number of alkyl halides is 2. The van der Waals surface area contributed by atoms with E-state index in [0.717, 1.165) is 38.9 Å². The minimum Gasteiger partial charge on any atom is -0.447 e. The molecule has 3 N–H and O–H groups in total. The zero-order valence-corrected chi connectivity index (χ0v) is 13.9. The molecule has 2 amide bonds. The minimum atomic E-state index is -3.09. The summed E-state index contributed by atoms with van der Waals surface area (Å²) in [6, 6.07) is 0. The van der Waals surface area contributed by atoms with Gasteiger partial charge in [-0.1, -0.05) is 0 Å². The molecule has 2 bridgehead atoms. The monoisotopic (exact) mass is 353 g/mol. The summed E-state index contributed by atoms with van der Waals surface area (Å²) in [5.41, 5.74) is 5.24. The van der Waals surface area contributed by atoms with E-state index in [0.29, 0.717) is 0 Å². The van der Waals surface area contributed by atoms with Crippen LogP contribution in [0.15, 0.2) is 10.7 Å². The van der Waals surface area contributed by atoms with Crippen LogP contribution in [-0.4, -0.2) is 16.8 Å². The van der Waals surface area contributed by atoms with Gasteiger partial charge in [0.1, 0.15) is 12.0 Å². The summed E-state index contributed by atoms with van der Waals surface area (Å²) in [7, 11) is 0. The van der Waals surface area contributed by atoms with E-state index in [1.807, 2.05) is 0 Å². The average Bonchev–Trinajstić information content (AvgIpc) is 2.93. The van der Waals surface area contributed by atoms with Crippen molar-refractivity contribution in [3.8, 4) is 0 Å². The molecule has 6 nitrogen and oxygen atoms in total. The summed E-state index contributed by atoms with van der Waals surface area (Å²) in [6.07, 6.45) is 4.91. The van der Waals surface area contributed by atoms with Gasteiger partial charge < -0.3 is 15.5 Å². The van der Waals surface area contributed by atoms with Crippen molar-refractivity contribution in [1.29, 1.82) is 0 Å². The van der Waals surface area contributed by atoms with Crippen molar-refractivity contribution in [1.82, 2.24) is 10.3 Å². The number of nitrogens with zero attached hydrogens (tertiary/aromatic N) is 1. The van der Waals surface area contributed by atoms with Gasteiger partial charge in [-0.15, -0.1) is 0 Å². The van der Waals surface area contributed by atoms with E-state index in [2.05, 4.69) is 10.3 Å². The number of amides is 2. The maximum atomic E-state index is 13.2. The van der Waals surface area contributed by atoms with Crippen molar-refractivity contribution in [2.45, 2.75) is 45.1 Å². The van der Waals surface area contributed by atoms with Crippen molar-refractivity contribution >= 4 is 11.8 Å². The van der Waals surface area contributed by atoms with Crippen LogP contribution in [0.1, 0.15) is 44.2 Å². The first-order chi connectivity index (χ1) is 11.7. The molecule has 0 aliphatic heterocycles. The van der Waals surface area contributed by atoms with Crippen molar-refractivity contribution in [3.05, 3.63) is 17.8 Å². The van der Waals surface area contributed by atoms with E-state index in [4.69, 9.17) is 10.2 Å². The first-order valence-corrected chi connectivity index (χ1v) is 8.64. The molecule has 0 aromatic carbocycles. The number of primary amides is 1. The van der Waals surface area contributed by atoms with E-state index in [1.165, 1.54) is 0 Å². The quantitative estimate of drug-likeness (QED) is 0.845. The maximum absolute atomic E-state index is 13.2. The fourth-order valence-corrected chi connectivity index (χ4v) is 5.27. The Morgan fingerprint density at radius 2 is 2.00 bits per heavy atom. The van der Waals surface area contributed by atoms with Gasteiger partial charge in [0.15, 0.2) is 0 Å². The average molecular weight is 353 g/mol. The molecule has 136 valence electrons. The first-order valence-electron chi connectivity index (χ1n) is 8.64. The highest BCUT2D eigenvalue weighted by molar-refractivity contribution is 5.88. The predicted molar refractivity (Wildman–Crippen MR) is 82.0 cm³/mol. The highest BCUT2D eigenvalue weighted by atomic mass is 19.3. The number of hydrogen-bond acceptors (Lipinski definition) is 4. The van der Waals surface area contributed by atoms with Crippen LogP contribution in [0, 0.1) is 29.1 Å². The Hall–Kier alpha value is -1.99. The summed E-state index contributed by atoms with van der Waals surface area (Å²) >= 11 is 0. The molecule has 0 radical (unpaired) electrons. The van der Waals surface area contributed by atoms with Gasteiger partial charge in [-0.2, -0.15) is 8.78 Å². The predicted octanol–water partition coefficient (Wildman–Crippen LogP) is 1.94. The van der Waals surface area contributed by atoms with Gasteiger partial charge in [-0.3, -0.25) is 9.59 Å². The van der Waals surface area contributed by atoms with Crippen LogP contribution < -0.4 is 11.1 Å². The molecular weight excluding hydrogens is 332 g/mol. The third-order valence-electron chi connectivity index (χ3n) is 6.39. The largest absolute Gasteiger partial charge is 0.447 e. The van der Waals surface area contributed by atoms with Crippen LogP contribution in [0.4, 0.5) is 8.78 Å². The number of halogens is 2. The second kappa shape index (κ2) is 5.25. The highest BCUT2D eigenvalue weighted by Crippen LogP contribution is 2.74. The van der Waals surface area contributed by atoms with Gasteiger partial charge in [0.25, 0.3) is 5.92 Å². The maximum Gasteiger partial charge on any atom is 0.290 e. The summed E-state index contributed by atoms with van der Waals surface area (Å²) < 4.78 is 31.4. The number of nitrogens with two attached hydrogens (primary N) is 1. The van der Waals surface area contributed by atoms with Gasteiger partial charge in [0.2, 0.25) is 17.7 Å². The van der Waals surface area contributed by atoms with Crippen LogP contribution >= 0.6 is 0 Å². The van der Waals surface area contributed by atoms with Crippen LogP contribution in [0.2, 0.25) is 0 Å². The SMILES string of the molecule is CC(F)(F)c1coc(CNC(=O)C2C(C(N)=O)C3CCC2C32CC2)n1. The molecule has 3 saturated carbocycles. The number of carbonyl (C=O) groups is 2. The fraction of sp³-hybridized carbons (Fsp3) is 0.706. The molecule has 1 aromatic heterocycles. The van der Waals surface area contributed by atoms with E-state index in [1.54, 1.807) is 0 Å². The number of nitrogens with one attached hydrogen (secondary N) is 1. The fourth-order valence-electron chi connectivity index (χ4n) is 5.27. The normalized spacial score (nSPS) is 32.1. The Kier molecular flexibility index (Phi) is 3.46. The molecule has 25 heavy (non-hydrogen) atoms. The second-order valence-electron chi connectivity index (χ2n) is 7.71. The van der Waals surface area contributed by atoms with Crippen LogP contribution in [-0.2, 0) is 22.1 Å². The molecule has 1 spiro atoms. The smallest absolute Gasteiger partial charge is 0.290 e. The Balaban J connectivity index is 1.46. The van der Waals surface area contributed by atoms with E-state index in [9.17, 15) is 18.4 Å². The molecule has 4 unspecified atom stereocenters. The van der Waals surface area contributed by atoms with Gasteiger partial charge in [-0.05, 0) is 42.9 Å². The standard InChI is InChI=1S/C17H21F2N3O3/c1-16(18,19)10-7-25-11(22-10)6-21-15(24)13-9-3-2-8(12(13)14(20)23)17(9)4-5-17/h7-9,12-13H,2-6H2,1H3,(H2,20,23)(H,21,24). The molecule has 3 aliphatic carbocycles. The third-order valence-corrected chi connectivity index (χ3v) is 6.39. The summed E-state index contributed by atoms with van der Waals surface area (Å²) in [6.45, 7) is 0.649. The summed E-state index contributed by atoms with van der Waals surface area (Å²) in [4.78, 5) is 28.3. The lowest BCUT2D eigenvalue weighted by Gasteiger charge is -2.27. The van der Waals surface area contributed by atoms with Gasteiger partial charge in [-0.25, -0.2) is 4.98 Å². The lowest BCUT2D eigenvalue weighted by molar-refractivity contribution is -0.135. The minimum absolute atomic E-state index is 0.0183. The number of aromatic nitrogens is 1. The summed E-state index contributed by atoms with van der Waals surface area (Å²) in [5.74, 6) is -4.21. The zero-order chi connectivity index (χ0) is 18.0. The molecule has 3 fully saturated rings. The lowest BCUT2D eigenvalue weighted by Crippen LogP contribution is -2.43. The van der Waals surface area contributed by atoms with Crippen molar-refractivity contribution in [3.63, 3.8) is 0 Å².